The molecule has 0 bridgehead atoms. The average Bonchev–Trinajstić information content (AvgIpc) is 2.30. The Morgan fingerprint density at radius 1 is 1.31 bits per heavy atom. The summed E-state index contributed by atoms with van der Waals surface area (Å²) in [5.74, 6) is 0. The molecule has 0 unspecified atom stereocenters. The van der Waals surface area contributed by atoms with E-state index in [9.17, 15) is 8.42 Å². The molecule has 0 N–H and O–H groups in total. The summed E-state index contributed by atoms with van der Waals surface area (Å²) in [5.41, 5.74) is 0. The third-order valence-electron chi connectivity index (χ3n) is 2.33. The van der Waals surface area contributed by atoms with Gasteiger partial charge < -0.3 is 0 Å². The van der Waals surface area contributed by atoms with Gasteiger partial charge >= 0.3 is 0 Å². The Morgan fingerprint density at radius 2 is 2.12 bits per heavy atom. The van der Waals surface area contributed by atoms with E-state index in [-0.39, 0.29) is 4.90 Å². The molecule has 88 valence electrons. The quantitative estimate of drug-likeness (QED) is 0.841. The lowest BCUT2D eigenvalue weighted by molar-refractivity contribution is -0.108. The lowest BCUT2D eigenvalue weighted by atomic mass is 10.3. The van der Waals surface area contributed by atoms with Crippen LogP contribution in [0.25, 0.3) is 0 Å². The van der Waals surface area contributed by atoms with Crippen molar-refractivity contribution >= 4 is 26.0 Å². The van der Waals surface area contributed by atoms with E-state index in [4.69, 9.17) is 4.84 Å². The zero-order chi connectivity index (χ0) is 11.6. The van der Waals surface area contributed by atoms with Gasteiger partial charge in [0.05, 0.1) is 11.5 Å². The number of hydroxylamine groups is 1. The molecular weight excluding hydrogens is 294 g/mol. The second-order valence-electron chi connectivity index (χ2n) is 3.53. The van der Waals surface area contributed by atoms with Crippen molar-refractivity contribution in [2.45, 2.75) is 17.7 Å². The van der Waals surface area contributed by atoms with Crippen molar-refractivity contribution in [3.05, 3.63) is 28.7 Å². The third-order valence-corrected chi connectivity index (χ3v) is 4.50. The molecule has 2 rings (SSSR count). The summed E-state index contributed by atoms with van der Waals surface area (Å²) in [4.78, 5) is 5.42. The van der Waals surface area contributed by atoms with Gasteiger partial charge in [0.15, 0.2) is 0 Å². The van der Waals surface area contributed by atoms with Crippen molar-refractivity contribution < 1.29 is 13.3 Å². The van der Waals surface area contributed by atoms with Gasteiger partial charge in [-0.2, -0.15) is 0 Å². The highest BCUT2D eigenvalue weighted by Crippen LogP contribution is 2.22. The Labute approximate surface area is 103 Å². The zero-order valence-electron chi connectivity index (χ0n) is 8.60. The van der Waals surface area contributed by atoms with Crippen LogP contribution in [-0.2, 0) is 14.9 Å². The first-order valence-electron chi connectivity index (χ1n) is 5.02. The molecule has 0 amide bonds. The molecule has 0 aromatic heterocycles. The van der Waals surface area contributed by atoms with Crippen molar-refractivity contribution in [1.82, 2.24) is 4.47 Å². The van der Waals surface area contributed by atoms with Crippen LogP contribution in [-0.4, -0.2) is 26.0 Å². The molecule has 1 fully saturated rings. The average molecular weight is 306 g/mol. The first-order chi connectivity index (χ1) is 7.60. The summed E-state index contributed by atoms with van der Waals surface area (Å²) in [6, 6.07) is 6.63. The van der Waals surface area contributed by atoms with Gasteiger partial charge in [0.25, 0.3) is 10.0 Å². The maximum absolute atomic E-state index is 12.1. The van der Waals surface area contributed by atoms with Crippen molar-refractivity contribution in [1.29, 1.82) is 0 Å². The summed E-state index contributed by atoms with van der Waals surface area (Å²) < 4.78 is 26.1. The van der Waals surface area contributed by atoms with Gasteiger partial charge in [0.1, 0.15) is 0 Å². The monoisotopic (exact) mass is 305 g/mol. The fraction of sp³-hybridized carbons (Fsp3) is 0.400. The summed E-state index contributed by atoms with van der Waals surface area (Å²) in [6.45, 7) is 0.891. The fourth-order valence-corrected chi connectivity index (χ4v) is 3.40. The highest BCUT2D eigenvalue weighted by Gasteiger charge is 2.27. The molecule has 6 heteroatoms. The van der Waals surface area contributed by atoms with Crippen LogP contribution in [0.15, 0.2) is 33.6 Å². The van der Waals surface area contributed by atoms with E-state index in [1.54, 1.807) is 24.3 Å². The molecule has 1 aliphatic rings. The smallest absolute Gasteiger partial charge is 0.265 e. The van der Waals surface area contributed by atoms with Gasteiger partial charge in [-0.3, -0.25) is 4.84 Å². The summed E-state index contributed by atoms with van der Waals surface area (Å²) in [7, 11) is -3.50. The second kappa shape index (κ2) is 4.83. The molecule has 0 spiro atoms. The van der Waals surface area contributed by atoms with E-state index >= 15 is 0 Å². The minimum Gasteiger partial charge on any atom is -0.284 e. The number of nitrogens with zero attached hydrogens (tertiary/aromatic N) is 1. The molecule has 0 atom stereocenters. The normalized spacial score (nSPS) is 18.6. The number of benzene rings is 1. The Bertz CT molecular complexity index is 469. The van der Waals surface area contributed by atoms with Crippen molar-refractivity contribution in [2.75, 3.05) is 13.2 Å². The van der Waals surface area contributed by atoms with Gasteiger partial charge in [-0.15, -0.1) is 0 Å². The summed E-state index contributed by atoms with van der Waals surface area (Å²) >= 11 is 3.25. The molecule has 1 heterocycles. The van der Waals surface area contributed by atoms with Crippen LogP contribution >= 0.6 is 15.9 Å². The largest absolute Gasteiger partial charge is 0.284 e. The zero-order valence-corrected chi connectivity index (χ0v) is 11.0. The predicted octanol–water partition coefficient (Wildman–Crippen LogP) is 2.17. The van der Waals surface area contributed by atoms with Crippen molar-refractivity contribution in [3.8, 4) is 0 Å². The molecule has 16 heavy (non-hydrogen) atoms. The summed E-state index contributed by atoms with van der Waals surface area (Å²) in [5, 5.41) is 0. The molecule has 1 aromatic rings. The standard InChI is InChI=1S/C10H12BrNO3S/c11-9-4-3-5-10(8-9)16(13,14)12-6-1-2-7-15-12/h3-5,8H,1-2,6-7H2. The lowest BCUT2D eigenvalue weighted by Crippen LogP contribution is -2.35. The van der Waals surface area contributed by atoms with Crippen molar-refractivity contribution in [2.24, 2.45) is 0 Å². The maximum Gasteiger partial charge on any atom is 0.265 e. The molecule has 0 aliphatic carbocycles. The van der Waals surface area contributed by atoms with Crippen LogP contribution in [0.4, 0.5) is 0 Å². The Morgan fingerprint density at radius 3 is 2.75 bits per heavy atom. The molecule has 1 saturated heterocycles. The predicted molar refractivity (Wildman–Crippen MR) is 63.2 cm³/mol. The van der Waals surface area contributed by atoms with Crippen LogP contribution in [0.1, 0.15) is 12.8 Å². The Kier molecular flexibility index (Phi) is 3.63. The van der Waals surface area contributed by atoms with Gasteiger partial charge in [-0.05, 0) is 31.0 Å². The lowest BCUT2D eigenvalue weighted by Gasteiger charge is -2.25. The van der Waals surface area contributed by atoms with E-state index in [2.05, 4.69) is 15.9 Å². The molecule has 1 aliphatic heterocycles. The highest BCUT2D eigenvalue weighted by atomic mass is 79.9. The molecular formula is C10H12BrNO3S. The van der Waals surface area contributed by atoms with E-state index < -0.39 is 10.0 Å². The minimum absolute atomic E-state index is 0.253. The molecule has 0 radical (unpaired) electrons. The summed E-state index contributed by atoms with van der Waals surface area (Å²) in [6.07, 6.45) is 1.75. The van der Waals surface area contributed by atoms with Gasteiger partial charge in [-0.25, -0.2) is 8.42 Å². The molecule has 4 nitrogen and oxygen atoms in total. The van der Waals surface area contributed by atoms with Crippen LogP contribution < -0.4 is 0 Å². The van der Waals surface area contributed by atoms with Gasteiger partial charge in [-0.1, -0.05) is 26.5 Å². The Hall–Kier alpha value is -0.430. The van der Waals surface area contributed by atoms with E-state index in [0.717, 1.165) is 21.8 Å². The molecule has 1 aromatic carbocycles. The van der Waals surface area contributed by atoms with Crippen LogP contribution in [0.5, 0.6) is 0 Å². The van der Waals surface area contributed by atoms with E-state index in [1.807, 2.05) is 0 Å². The Balaban J connectivity index is 2.30. The van der Waals surface area contributed by atoms with E-state index in [0.29, 0.717) is 13.2 Å². The highest BCUT2D eigenvalue weighted by molar-refractivity contribution is 9.10. The van der Waals surface area contributed by atoms with Gasteiger partial charge in [0.2, 0.25) is 0 Å². The maximum atomic E-state index is 12.1. The van der Waals surface area contributed by atoms with Crippen LogP contribution in [0, 0.1) is 0 Å². The fourth-order valence-electron chi connectivity index (χ4n) is 1.51. The number of hydrogen-bond acceptors (Lipinski definition) is 3. The van der Waals surface area contributed by atoms with Gasteiger partial charge in [0, 0.05) is 11.0 Å². The number of sulfonamides is 1. The minimum atomic E-state index is -3.50. The topological polar surface area (TPSA) is 46.6 Å². The number of hydrogen-bond donors (Lipinski definition) is 0. The van der Waals surface area contributed by atoms with E-state index in [1.165, 1.54) is 0 Å². The van der Waals surface area contributed by atoms with Crippen LogP contribution in [0.2, 0.25) is 0 Å². The first kappa shape index (κ1) is 12.0. The van der Waals surface area contributed by atoms with Crippen molar-refractivity contribution in [3.63, 3.8) is 0 Å². The number of halogens is 1. The SMILES string of the molecule is O=S(=O)(c1cccc(Br)c1)N1CCCCO1. The third kappa shape index (κ3) is 2.45. The number of rotatable bonds is 2. The first-order valence-corrected chi connectivity index (χ1v) is 7.25. The second-order valence-corrected chi connectivity index (χ2v) is 6.27. The molecule has 0 saturated carbocycles. The van der Waals surface area contributed by atoms with Crippen LogP contribution in [0.3, 0.4) is 0 Å².